The highest BCUT2D eigenvalue weighted by molar-refractivity contribution is 7.89. The molecule has 2 rings (SSSR count). The van der Waals surface area contributed by atoms with E-state index in [-0.39, 0.29) is 22.9 Å². The van der Waals surface area contributed by atoms with Crippen molar-refractivity contribution in [3.05, 3.63) is 29.8 Å². The molecule has 1 aliphatic heterocycles. The van der Waals surface area contributed by atoms with E-state index in [0.29, 0.717) is 19.6 Å². The number of hydrogen-bond donors (Lipinski definition) is 2. The van der Waals surface area contributed by atoms with Crippen molar-refractivity contribution in [2.24, 2.45) is 0 Å². The molecule has 0 radical (unpaired) electrons. The minimum atomic E-state index is -3.49. The molecule has 1 amide bonds. The standard InChI is InChI=1S/C16H25N3O4S/c1-12(18-16(20)10-14-11-23-8-7-17-14)13-5-4-6-15(9-13)24(21,22)19(2)3/h4-6,9,12,14,17H,7-8,10-11H2,1-3H3,(H,18,20). The van der Waals surface area contributed by atoms with Gasteiger partial charge in [-0.1, -0.05) is 12.1 Å². The fraction of sp³-hybridized carbons (Fsp3) is 0.562. The second-order valence-corrected chi connectivity index (χ2v) is 8.23. The molecule has 2 atom stereocenters. The maximum absolute atomic E-state index is 12.2. The molecule has 0 saturated carbocycles. The van der Waals surface area contributed by atoms with Gasteiger partial charge in [0.25, 0.3) is 0 Å². The van der Waals surface area contributed by atoms with E-state index in [1.54, 1.807) is 18.2 Å². The van der Waals surface area contributed by atoms with Crippen molar-refractivity contribution in [2.45, 2.75) is 30.3 Å². The smallest absolute Gasteiger partial charge is 0.242 e. The fourth-order valence-corrected chi connectivity index (χ4v) is 3.47. The summed E-state index contributed by atoms with van der Waals surface area (Å²) in [6, 6.07) is 6.39. The van der Waals surface area contributed by atoms with Gasteiger partial charge in [0, 0.05) is 33.1 Å². The van der Waals surface area contributed by atoms with E-state index in [1.165, 1.54) is 18.4 Å². The molecule has 0 spiro atoms. The highest BCUT2D eigenvalue weighted by Crippen LogP contribution is 2.19. The van der Waals surface area contributed by atoms with Gasteiger partial charge >= 0.3 is 0 Å². The molecular formula is C16H25N3O4S. The van der Waals surface area contributed by atoms with E-state index < -0.39 is 10.0 Å². The summed E-state index contributed by atoms with van der Waals surface area (Å²) in [7, 11) is -0.505. The number of rotatable bonds is 6. The number of morpholine rings is 1. The minimum absolute atomic E-state index is 0.0198. The molecule has 0 aliphatic carbocycles. The monoisotopic (exact) mass is 355 g/mol. The van der Waals surface area contributed by atoms with Crippen LogP contribution in [0.3, 0.4) is 0 Å². The number of hydrogen-bond acceptors (Lipinski definition) is 5. The van der Waals surface area contributed by atoms with Gasteiger partial charge in [-0.2, -0.15) is 0 Å². The second kappa shape index (κ2) is 8.06. The van der Waals surface area contributed by atoms with Gasteiger partial charge in [0.2, 0.25) is 15.9 Å². The van der Waals surface area contributed by atoms with Crippen molar-refractivity contribution in [1.82, 2.24) is 14.9 Å². The number of amides is 1. The summed E-state index contributed by atoms with van der Waals surface area (Å²) in [6.07, 6.45) is 0.333. The van der Waals surface area contributed by atoms with E-state index in [0.717, 1.165) is 12.1 Å². The normalized spacial score (nSPS) is 19.9. The minimum Gasteiger partial charge on any atom is -0.378 e. The van der Waals surface area contributed by atoms with Gasteiger partial charge in [0.05, 0.1) is 24.2 Å². The van der Waals surface area contributed by atoms with Crippen LogP contribution in [-0.2, 0) is 19.6 Å². The summed E-state index contributed by atoms with van der Waals surface area (Å²) in [5.74, 6) is -0.0913. The largest absolute Gasteiger partial charge is 0.378 e. The highest BCUT2D eigenvalue weighted by atomic mass is 32.2. The second-order valence-electron chi connectivity index (χ2n) is 6.08. The third-order valence-corrected chi connectivity index (χ3v) is 5.76. The number of nitrogens with one attached hydrogen (secondary N) is 2. The van der Waals surface area contributed by atoms with Gasteiger partial charge < -0.3 is 15.4 Å². The molecule has 1 aromatic carbocycles. The Morgan fingerprint density at radius 2 is 2.21 bits per heavy atom. The van der Waals surface area contributed by atoms with Gasteiger partial charge in [-0.05, 0) is 24.6 Å². The molecule has 1 aliphatic rings. The summed E-state index contributed by atoms with van der Waals surface area (Å²) in [4.78, 5) is 12.4. The first-order chi connectivity index (χ1) is 11.3. The van der Waals surface area contributed by atoms with E-state index in [2.05, 4.69) is 10.6 Å². The van der Waals surface area contributed by atoms with Crippen molar-refractivity contribution in [1.29, 1.82) is 0 Å². The zero-order valence-electron chi connectivity index (χ0n) is 14.3. The van der Waals surface area contributed by atoms with Crippen molar-refractivity contribution in [3.8, 4) is 0 Å². The predicted octanol–water partition coefficient (Wildman–Crippen LogP) is 0.493. The average molecular weight is 355 g/mol. The highest BCUT2D eigenvalue weighted by Gasteiger charge is 2.20. The van der Waals surface area contributed by atoms with E-state index in [4.69, 9.17) is 4.74 Å². The molecule has 0 bridgehead atoms. The quantitative estimate of drug-likeness (QED) is 0.776. The Hall–Kier alpha value is -1.48. The van der Waals surface area contributed by atoms with Gasteiger partial charge in [-0.15, -0.1) is 0 Å². The number of nitrogens with zero attached hydrogens (tertiary/aromatic N) is 1. The van der Waals surface area contributed by atoms with Crippen molar-refractivity contribution in [3.63, 3.8) is 0 Å². The molecule has 1 fully saturated rings. The first-order valence-corrected chi connectivity index (χ1v) is 9.37. The molecule has 2 N–H and O–H groups in total. The topological polar surface area (TPSA) is 87.7 Å². The van der Waals surface area contributed by atoms with Crippen LogP contribution in [0.4, 0.5) is 0 Å². The zero-order chi connectivity index (χ0) is 17.7. The molecular weight excluding hydrogens is 330 g/mol. The molecule has 24 heavy (non-hydrogen) atoms. The maximum atomic E-state index is 12.2. The third-order valence-electron chi connectivity index (χ3n) is 3.94. The average Bonchev–Trinajstić information content (AvgIpc) is 2.55. The number of benzene rings is 1. The van der Waals surface area contributed by atoms with Crippen molar-refractivity contribution < 1.29 is 17.9 Å². The van der Waals surface area contributed by atoms with Crippen LogP contribution in [0.5, 0.6) is 0 Å². The SMILES string of the molecule is CC(NC(=O)CC1COCCN1)c1cccc(S(=O)(=O)N(C)C)c1. The first-order valence-electron chi connectivity index (χ1n) is 7.93. The molecule has 1 heterocycles. The Balaban J connectivity index is 2.01. The van der Waals surface area contributed by atoms with Crippen molar-refractivity contribution in [2.75, 3.05) is 33.9 Å². The van der Waals surface area contributed by atoms with Crippen LogP contribution in [0.1, 0.15) is 24.9 Å². The lowest BCUT2D eigenvalue weighted by molar-refractivity contribution is -0.122. The van der Waals surface area contributed by atoms with E-state index in [9.17, 15) is 13.2 Å². The Morgan fingerprint density at radius 3 is 2.83 bits per heavy atom. The predicted molar refractivity (Wildman–Crippen MR) is 91.1 cm³/mol. The van der Waals surface area contributed by atoms with Crippen LogP contribution in [-0.4, -0.2) is 58.5 Å². The lowest BCUT2D eigenvalue weighted by Gasteiger charge is -2.24. The molecule has 1 aromatic rings. The van der Waals surface area contributed by atoms with Gasteiger partial charge in [-0.3, -0.25) is 4.79 Å². The lowest BCUT2D eigenvalue weighted by Crippen LogP contribution is -2.44. The van der Waals surface area contributed by atoms with Crippen LogP contribution in [0.25, 0.3) is 0 Å². The van der Waals surface area contributed by atoms with Gasteiger partial charge in [0.15, 0.2) is 0 Å². The number of carbonyl (C=O) groups excluding carboxylic acids is 1. The molecule has 0 aromatic heterocycles. The number of sulfonamides is 1. The van der Waals surface area contributed by atoms with Gasteiger partial charge in [0.1, 0.15) is 0 Å². The fourth-order valence-electron chi connectivity index (χ4n) is 2.51. The number of carbonyl (C=O) groups is 1. The van der Waals surface area contributed by atoms with Crippen LogP contribution < -0.4 is 10.6 Å². The van der Waals surface area contributed by atoms with Gasteiger partial charge in [-0.25, -0.2) is 12.7 Å². The Morgan fingerprint density at radius 1 is 1.46 bits per heavy atom. The Bertz CT molecular complexity index is 670. The third kappa shape index (κ3) is 4.76. The molecule has 7 nitrogen and oxygen atoms in total. The molecule has 2 unspecified atom stereocenters. The van der Waals surface area contributed by atoms with Crippen LogP contribution >= 0.6 is 0 Å². The zero-order valence-corrected chi connectivity index (χ0v) is 15.1. The summed E-state index contributed by atoms with van der Waals surface area (Å²) < 4.78 is 30.9. The summed E-state index contributed by atoms with van der Waals surface area (Å²) in [5, 5.41) is 6.14. The maximum Gasteiger partial charge on any atom is 0.242 e. The Labute approximate surface area is 143 Å². The molecule has 134 valence electrons. The van der Waals surface area contributed by atoms with Crippen LogP contribution in [0.2, 0.25) is 0 Å². The van der Waals surface area contributed by atoms with Crippen molar-refractivity contribution >= 4 is 15.9 Å². The molecule has 1 saturated heterocycles. The van der Waals surface area contributed by atoms with E-state index in [1.807, 2.05) is 13.0 Å². The lowest BCUT2D eigenvalue weighted by atomic mass is 10.1. The Kier molecular flexibility index (Phi) is 6.34. The summed E-state index contributed by atoms with van der Waals surface area (Å²) in [5.41, 5.74) is 0.749. The summed E-state index contributed by atoms with van der Waals surface area (Å²) in [6.45, 7) is 3.78. The summed E-state index contributed by atoms with van der Waals surface area (Å²) >= 11 is 0. The van der Waals surface area contributed by atoms with Crippen LogP contribution in [0, 0.1) is 0 Å². The number of ether oxygens (including phenoxy) is 1. The molecule has 8 heteroatoms. The van der Waals surface area contributed by atoms with Crippen LogP contribution in [0.15, 0.2) is 29.2 Å². The first kappa shape index (κ1) is 18.9. The van der Waals surface area contributed by atoms with E-state index >= 15 is 0 Å².